The van der Waals surface area contributed by atoms with E-state index in [9.17, 15) is 5.21 Å². The van der Waals surface area contributed by atoms with E-state index in [1.165, 1.54) is 6.21 Å². The van der Waals surface area contributed by atoms with E-state index in [1.54, 1.807) is 24.4 Å². The normalized spacial score (nSPS) is 17.8. The number of rotatable bonds is 4. The smallest absolute Gasteiger partial charge is 0.243 e. The van der Waals surface area contributed by atoms with E-state index in [0.29, 0.717) is 18.0 Å². The molecule has 3 rings (SSSR count). The Kier molecular flexibility index (Phi) is 3.87. The minimum atomic E-state index is 0.126. The second-order valence-electron chi connectivity index (χ2n) is 5.35. The average molecular weight is 296 g/mol. The topological polar surface area (TPSA) is 54.6 Å². The van der Waals surface area contributed by atoms with Crippen LogP contribution in [0.5, 0.6) is 0 Å². The summed E-state index contributed by atoms with van der Waals surface area (Å²) in [5.41, 5.74) is 1.70. The molecule has 0 amide bonds. The van der Waals surface area contributed by atoms with E-state index in [4.69, 9.17) is 4.42 Å². The maximum Gasteiger partial charge on any atom is 0.243 e. The van der Waals surface area contributed by atoms with Crippen molar-refractivity contribution in [3.05, 3.63) is 58.7 Å². The molecule has 1 aliphatic heterocycles. The molecule has 0 bridgehead atoms. The van der Waals surface area contributed by atoms with Crippen LogP contribution in [0.25, 0.3) is 0 Å². The molecule has 5 nitrogen and oxygen atoms in total. The maximum absolute atomic E-state index is 12.1. The fraction of sp³-hybridized carbons (Fsp3) is 0.235. The lowest BCUT2D eigenvalue weighted by molar-refractivity contribution is -0.569. The Hall–Kier alpha value is -2.69. The Labute approximate surface area is 129 Å². The number of hydrogen-bond donors (Lipinski definition) is 0. The number of furan rings is 1. The second kappa shape index (κ2) is 5.97. The zero-order valence-corrected chi connectivity index (χ0v) is 12.6. The van der Waals surface area contributed by atoms with E-state index in [-0.39, 0.29) is 6.17 Å². The molecule has 5 heteroatoms. The first kappa shape index (κ1) is 14.3. The first-order chi connectivity index (χ1) is 10.6. The molecule has 0 aliphatic carbocycles. The Morgan fingerprint density at radius 1 is 1.27 bits per heavy atom. The van der Waals surface area contributed by atoms with E-state index >= 15 is 0 Å². The molecule has 0 N–H and O–H groups in total. The number of benzene rings is 1. The Morgan fingerprint density at radius 3 is 2.73 bits per heavy atom. The fourth-order valence-electron chi connectivity index (χ4n) is 2.25. The van der Waals surface area contributed by atoms with Gasteiger partial charge in [0.15, 0.2) is 17.7 Å². The number of hydrogen-bond acceptors (Lipinski definition) is 3. The maximum atomic E-state index is 12.1. The lowest BCUT2D eigenvalue weighted by Gasteiger charge is -2.02. The van der Waals surface area contributed by atoms with Crippen molar-refractivity contribution in [2.75, 3.05) is 0 Å². The number of aryl methyl sites for hydroxylation is 1. The predicted octanol–water partition coefficient (Wildman–Crippen LogP) is 2.86. The molecular formula is C17H18N3O2+. The van der Waals surface area contributed by atoms with Crippen molar-refractivity contribution in [1.82, 2.24) is 0 Å². The molecule has 1 aromatic heterocycles. The summed E-state index contributed by atoms with van der Waals surface area (Å²) in [6, 6.07) is 11.1. The monoisotopic (exact) mass is 296 g/mol. The summed E-state index contributed by atoms with van der Waals surface area (Å²) in [4.78, 5) is 4.25. The van der Waals surface area contributed by atoms with Crippen LogP contribution in [0.15, 0.2) is 45.8 Å². The van der Waals surface area contributed by atoms with Crippen LogP contribution in [0.2, 0.25) is 0 Å². The lowest BCUT2D eigenvalue weighted by Crippen LogP contribution is -2.17. The highest BCUT2D eigenvalue weighted by atomic mass is 16.5. The fourth-order valence-corrected chi connectivity index (χ4v) is 2.25. The van der Waals surface area contributed by atoms with Crippen molar-refractivity contribution in [3.63, 3.8) is 0 Å². The van der Waals surface area contributed by atoms with Crippen molar-refractivity contribution >= 4 is 24.3 Å². The van der Waals surface area contributed by atoms with Crippen LogP contribution >= 0.6 is 0 Å². The van der Waals surface area contributed by atoms with Crippen LogP contribution in [-0.2, 0) is 6.54 Å². The zero-order valence-electron chi connectivity index (χ0n) is 12.6. The summed E-state index contributed by atoms with van der Waals surface area (Å²) >= 11 is 0. The van der Waals surface area contributed by atoms with E-state index < -0.39 is 0 Å². The standard InChI is InChI=1S/C17H18N3O2/c1-13-3-5-15(6-4-13)20(21)12-17-8-7-16(22-17)11-19-10-9-18-14(19)2/h3-10,12,14H,11H2,1-2H3/q+1/b20-12-. The van der Waals surface area contributed by atoms with Gasteiger partial charge in [0.25, 0.3) is 0 Å². The van der Waals surface area contributed by atoms with Crippen molar-refractivity contribution in [2.24, 2.45) is 4.99 Å². The predicted molar refractivity (Wildman–Crippen MR) is 86.3 cm³/mol. The summed E-state index contributed by atoms with van der Waals surface area (Å²) in [7, 11) is 0. The van der Waals surface area contributed by atoms with Crippen LogP contribution in [0, 0.1) is 12.1 Å². The van der Waals surface area contributed by atoms with Gasteiger partial charge in [0.1, 0.15) is 0 Å². The molecule has 0 radical (unpaired) electrons. The Bertz CT molecular complexity index is 754. The minimum absolute atomic E-state index is 0.126. The third-order valence-corrected chi connectivity index (χ3v) is 3.59. The molecule has 0 saturated heterocycles. The largest absolute Gasteiger partial charge is 0.618 e. The van der Waals surface area contributed by atoms with Gasteiger partial charge in [-0.3, -0.25) is 0 Å². The van der Waals surface area contributed by atoms with Crippen molar-refractivity contribution < 1.29 is 13.7 Å². The van der Waals surface area contributed by atoms with Crippen LogP contribution in [-0.4, -0.2) is 34.1 Å². The van der Waals surface area contributed by atoms with Gasteiger partial charge in [-0.25, -0.2) is 9.57 Å². The van der Waals surface area contributed by atoms with Crippen LogP contribution < -0.4 is 0 Å². The summed E-state index contributed by atoms with van der Waals surface area (Å²) in [6.07, 6.45) is 5.29. The quantitative estimate of drug-likeness (QED) is 0.377. The number of aliphatic imine (C=N–C) groups is 1. The lowest BCUT2D eigenvalue weighted by atomic mass is 10.2. The molecular weight excluding hydrogens is 278 g/mol. The van der Waals surface area contributed by atoms with Gasteiger partial charge in [-0.1, -0.05) is 17.7 Å². The number of nitrogens with zero attached hydrogens (tertiary/aromatic N) is 3. The third-order valence-electron chi connectivity index (χ3n) is 3.59. The van der Waals surface area contributed by atoms with Crippen molar-refractivity contribution in [2.45, 2.75) is 26.6 Å². The molecule has 2 heterocycles. The molecule has 0 spiro atoms. The summed E-state index contributed by atoms with van der Waals surface area (Å²) in [6.45, 7) is 4.65. The summed E-state index contributed by atoms with van der Waals surface area (Å²) in [5.74, 6) is 1.34. The molecule has 1 aliphatic rings. The zero-order chi connectivity index (χ0) is 15.5. The first-order valence-corrected chi connectivity index (χ1v) is 7.21. The highest BCUT2D eigenvalue weighted by Gasteiger charge is 2.19. The van der Waals surface area contributed by atoms with E-state index in [0.717, 1.165) is 16.1 Å². The Morgan fingerprint density at radius 2 is 2.05 bits per heavy atom. The average Bonchev–Trinajstić information content (AvgIpc) is 3.10. The molecule has 0 fully saturated rings. The molecule has 112 valence electrons. The van der Waals surface area contributed by atoms with Crippen LogP contribution in [0.4, 0.5) is 5.69 Å². The van der Waals surface area contributed by atoms with Gasteiger partial charge in [-0.2, -0.15) is 4.74 Å². The molecule has 0 saturated carbocycles. The molecule has 22 heavy (non-hydrogen) atoms. The van der Waals surface area contributed by atoms with Gasteiger partial charge >= 0.3 is 0 Å². The first-order valence-electron chi connectivity index (χ1n) is 7.21. The Balaban J connectivity index is 1.73. The van der Waals surface area contributed by atoms with Gasteiger partial charge < -0.3 is 9.62 Å². The molecule has 1 atom stereocenters. The summed E-state index contributed by atoms with van der Waals surface area (Å²) < 4.78 is 8.58. The van der Waals surface area contributed by atoms with Crippen LogP contribution in [0.1, 0.15) is 24.0 Å². The molecule has 2 aromatic rings. The van der Waals surface area contributed by atoms with Gasteiger partial charge in [0.05, 0.1) is 6.21 Å². The van der Waals surface area contributed by atoms with E-state index in [2.05, 4.69) is 9.57 Å². The SMILES string of the molecule is Cc1ccc(/[N+]([O-])=C/c2ccc(C[N+]3=CC=NC3C)o2)cc1. The second-order valence-corrected chi connectivity index (χ2v) is 5.35. The van der Waals surface area contributed by atoms with Crippen molar-refractivity contribution in [3.8, 4) is 0 Å². The molecule has 1 aromatic carbocycles. The minimum Gasteiger partial charge on any atom is -0.618 e. The molecule has 1 unspecified atom stereocenters. The van der Waals surface area contributed by atoms with Crippen LogP contribution in [0.3, 0.4) is 0 Å². The highest BCUT2D eigenvalue weighted by molar-refractivity contribution is 6.14. The van der Waals surface area contributed by atoms with Gasteiger partial charge in [-0.05, 0) is 19.1 Å². The van der Waals surface area contributed by atoms with Gasteiger partial charge in [-0.15, -0.1) is 0 Å². The van der Waals surface area contributed by atoms with E-state index in [1.807, 2.05) is 38.3 Å². The van der Waals surface area contributed by atoms with Crippen molar-refractivity contribution in [1.29, 1.82) is 0 Å². The van der Waals surface area contributed by atoms with Gasteiger partial charge in [0.2, 0.25) is 24.6 Å². The van der Waals surface area contributed by atoms with Gasteiger partial charge in [0, 0.05) is 19.1 Å². The highest BCUT2D eigenvalue weighted by Crippen LogP contribution is 2.14. The summed E-state index contributed by atoms with van der Waals surface area (Å²) in [5, 5.41) is 12.1. The third kappa shape index (κ3) is 3.14.